The maximum Gasteiger partial charge on any atom is 0.287 e. The number of amides is 1. The summed E-state index contributed by atoms with van der Waals surface area (Å²) in [6.45, 7) is -0.463. The van der Waals surface area contributed by atoms with Crippen molar-refractivity contribution in [3.8, 4) is 0 Å². The number of nitrogens with one attached hydrogen (secondary N) is 1. The van der Waals surface area contributed by atoms with E-state index < -0.39 is 25.0 Å². The number of hydrogen-bond acceptors (Lipinski definition) is 3. The zero-order valence-electron chi connectivity index (χ0n) is 9.34. The zero-order chi connectivity index (χ0) is 13.1. The lowest BCUT2D eigenvalue weighted by molar-refractivity contribution is -0.0462. The predicted octanol–water partition coefficient (Wildman–Crippen LogP) is 0.935. The number of rotatable bonds is 4. The maximum absolute atomic E-state index is 12.7. The van der Waals surface area contributed by atoms with Crippen molar-refractivity contribution in [3.05, 3.63) is 29.3 Å². The van der Waals surface area contributed by atoms with Crippen molar-refractivity contribution in [2.75, 3.05) is 18.9 Å². The third-order valence-electron chi connectivity index (χ3n) is 2.10. The molecule has 0 bridgehead atoms. The summed E-state index contributed by atoms with van der Waals surface area (Å²) in [5.74, 6) is -3.96. The van der Waals surface area contributed by atoms with Crippen molar-refractivity contribution >= 4 is 11.6 Å². The highest BCUT2D eigenvalue weighted by Crippen LogP contribution is 2.13. The normalized spacial score (nSPS) is 11.3. The predicted molar refractivity (Wildman–Crippen MR) is 60.0 cm³/mol. The van der Waals surface area contributed by atoms with E-state index in [1.165, 1.54) is 6.07 Å². The van der Waals surface area contributed by atoms with E-state index in [1.807, 2.05) is 5.32 Å². The fourth-order valence-electron chi connectivity index (χ4n) is 1.31. The summed E-state index contributed by atoms with van der Waals surface area (Å²) in [6.07, 6.45) is 0. The topological polar surface area (TPSA) is 75.4 Å². The van der Waals surface area contributed by atoms with E-state index in [2.05, 4.69) is 0 Å². The second-order valence-electron chi connectivity index (χ2n) is 3.83. The Hall–Kier alpha value is -1.69. The van der Waals surface area contributed by atoms with E-state index in [4.69, 9.17) is 10.8 Å². The number of anilines is 1. The summed E-state index contributed by atoms with van der Waals surface area (Å²) in [7, 11) is 0. The van der Waals surface area contributed by atoms with Gasteiger partial charge in [0.1, 0.15) is 6.61 Å². The minimum absolute atomic E-state index is 0.219. The SMILES string of the molecule is Cc1cc(N)cc(C(=O)NCC(F)(F)CO)c1. The molecule has 0 fully saturated rings. The smallest absolute Gasteiger partial charge is 0.287 e. The van der Waals surface area contributed by atoms with Gasteiger partial charge in [0, 0.05) is 11.3 Å². The summed E-state index contributed by atoms with van der Waals surface area (Å²) in [4.78, 5) is 11.5. The highest BCUT2D eigenvalue weighted by atomic mass is 19.3. The highest BCUT2D eigenvalue weighted by molar-refractivity contribution is 5.95. The fourth-order valence-corrected chi connectivity index (χ4v) is 1.31. The lowest BCUT2D eigenvalue weighted by Gasteiger charge is -2.14. The van der Waals surface area contributed by atoms with Gasteiger partial charge in [-0.2, -0.15) is 0 Å². The molecule has 1 aromatic carbocycles. The fraction of sp³-hybridized carbons (Fsp3) is 0.364. The van der Waals surface area contributed by atoms with Gasteiger partial charge in [-0.3, -0.25) is 4.79 Å². The number of hydrogen-bond donors (Lipinski definition) is 3. The lowest BCUT2D eigenvalue weighted by Crippen LogP contribution is -2.39. The van der Waals surface area contributed by atoms with Gasteiger partial charge in [0.05, 0.1) is 6.54 Å². The van der Waals surface area contributed by atoms with Crippen molar-refractivity contribution in [3.63, 3.8) is 0 Å². The zero-order valence-corrected chi connectivity index (χ0v) is 9.34. The van der Waals surface area contributed by atoms with E-state index in [1.54, 1.807) is 19.1 Å². The highest BCUT2D eigenvalue weighted by Gasteiger charge is 2.28. The van der Waals surface area contributed by atoms with Gasteiger partial charge >= 0.3 is 0 Å². The molecule has 0 aliphatic heterocycles. The quantitative estimate of drug-likeness (QED) is 0.690. The van der Waals surface area contributed by atoms with Gasteiger partial charge in [0.25, 0.3) is 11.8 Å². The Morgan fingerprint density at radius 2 is 2.12 bits per heavy atom. The Bertz CT molecular complexity index is 402. The molecule has 0 radical (unpaired) electrons. The van der Waals surface area contributed by atoms with Gasteiger partial charge in [0.2, 0.25) is 0 Å². The molecule has 0 unspecified atom stereocenters. The molecule has 1 aromatic rings. The van der Waals surface area contributed by atoms with Crippen LogP contribution in [0.15, 0.2) is 18.2 Å². The molecule has 17 heavy (non-hydrogen) atoms. The molecule has 6 heteroatoms. The Labute approximate surface area is 97.4 Å². The molecule has 0 saturated heterocycles. The molecule has 1 amide bonds. The van der Waals surface area contributed by atoms with Gasteiger partial charge in [-0.25, -0.2) is 8.78 Å². The average Bonchev–Trinajstić information content (AvgIpc) is 2.24. The van der Waals surface area contributed by atoms with Crippen LogP contribution in [0.2, 0.25) is 0 Å². The van der Waals surface area contributed by atoms with Crippen LogP contribution in [0, 0.1) is 6.92 Å². The molecule has 0 aliphatic carbocycles. The number of carbonyl (C=O) groups is 1. The lowest BCUT2D eigenvalue weighted by atomic mass is 10.1. The van der Waals surface area contributed by atoms with Crippen LogP contribution in [0.5, 0.6) is 0 Å². The number of alkyl halides is 2. The van der Waals surface area contributed by atoms with E-state index in [0.29, 0.717) is 5.69 Å². The average molecular weight is 244 g/mol. The standard InChI is InChI=1S/C11H14F2N2O2/c1-7-2-8(4-9(14)3-7)10(17)15-5-11(12,13)6-16/h2-4,16H,5-6,14H2,1H3,(H,15,17). The third kappa shape index (κ3) is 3.99. The summed E-state index contributed by atoms with van der Waals surface area (Å²) in [5, 5.41) is 10.4. The molecule has 94 valence electrons. The van der Waals surface area contributed by atoms with Crippen LogP contribution in [-0.4, -0.2) is 30.1 Å². The second kappa shape index (κ2) is 5.09. The Balaban J connectivity index is 2.70. The summed E-state index contributed by atoms with van der Waals surface area (Å²) < 4.78 is 25.4. The van der Waals surface area contributed by atoms with Crippen LogP contribution in [0.4, 0.5) is 14.5 Å². The number of nitrogens with two attached hydrogens (primary N) is 1. The van der Waals surface area contributed by atoms with E-state index in [9.17, 15) is 13.6 Å². The van der Waals surface area contributed by atoms with Crippen molar-refractivity contribution in [1.29, 1.82) is 0 Å². The second-order valence-corrected chi connectivity index (χ2v) is 3.83. The molecule has 0 aliphatic rings. The van der Waals surface area contributed by atoms with Gasteiger partial charge in [0.15, 0.2) is 0 Å². The first kappa shape index (κ1) is 13.4. The number of aliphatic hydroxyl groups excluding tert-OH is 1. The van der Waals surface area contributed by atoms with Gasteiger partial charge in [-0.05, 0) is 30.7 Å². The minimum atomic E-state index is -3.31. The summed E-state index contributed by atoms with van der Waals surface area (Å²) in [5.41, 5.74) is 6.92. The van der Waals surface area contributed by atoms with Crippen molar-refractivity contribution < 1.29 is 18.7 Å². The van der Waals surface area contributed by atoms with Crippen LogP contribution in [0.1, 0.15) is 15.9 Å². The Kier molecular flexibility index (Phi) is 4.01. The first-order valence-electron chi connectivity index (χ1n) is 4.98. The first-order chi connectivity index (χ1) is 7.84. The first-order valence-corrected chi connectivity index (χ1v) is 4.98. The van der Waals surface area contributed by atoms with Gasteiger partial charge in [-0.1, -0.05) is 0 Å². The van der Waals surface area contributed by atoms with Crippen molar-refractivity contribution in [2.45, 2.75) is 12.8 Å². The summed E-state index contributed by atoms with van der Waals surface area (Å²) >= 11 is 0. The summed E-state index contributed by atoms with van der Waals surface area (Å²) in [6, 6.07) is 4.61. The van der Waals surface area contributed by atoms with Crippen LogP contribution in [0.3, 0.4) is 0 Å². The van der Waals surface area contributed by atoms with E-state index >= 15 is 0 Å². The minimum Gasteiger partial charge on any atom is -0.399 e. The van der Waals surface area contributed by atoms with Crippen molar-refractivity contribution in [2.24, 2.45) is 0 Å². The molecular weight excluding hydrogens is 230 g/mol. The molecule has 0 heterocycles. The van der Waals surface area contributed by atoms with E-state index in [0.717, 1.165) is 5.56 Å². The van der Waals surface area contributed by atoms with Crippen molar-refractivity contribution in [1.82, 2.24) is 5.32 Å². The molecule has 4 N–H and O–H groups in total. The molecule has 0 atom stereocenters. The van der Waals surface area contributed by atoms with Crippen LogP contribution < -0.4 is 11.1 Å². The number of carbonyl (C=O) groups excluding carboxylic acids is 1. The number of halogens is 2. The largest absolute Gasteiger partial charge is 0.399 e. The Morgan fingerprint density at radius 3 is 2.65 bits per heavy atom. The molecule has 4 nitrogen and oxygen atoms in total. The molecule has 0 aromatic heterocycles. The molecular formula is C11H14F2N2O2. The molecule has 0 saturated carbocycles. The monoisotopic (exact) mass is 244 g/mol. The molecule has 0 spiro atoms. The van der Waals surface area contributed by atoms with Gasteiger partial charge < -0.3 is 16.2 Å². The van der Waals surface area contributed by atoms with Gasteiger partial charge in [-0.15, -0.1) is 0 Å². The number of aryl methyl sites for hydroxylation is 1. The number of nitrogen functional groups attached to an aromatic ring is 1. The van der Waals surface area contributed by atoms with Crippen LogP contribution >= 0.6 is 0 Å². The number of aliphatic hydroxyl groups is 1. The Morgan fingerprint density at radius 1 is 1.47 bits per heavy atom. The van der Waals surface area contributed by atoms with E-state index in [-0.39, 0.29) is 5.56 Å². The van der Waals surface area contributed by atoms with Crippen LogP contribution in [-0.2, 0) is 0 Å². The third-order valence-corrected chi connectivity index (χ3v) is 2.10. The van der Waals surface area contributed by atoms with Crippen LogP contribution in [0.25, 0.3) is 0 Å². The number of benzene rings is 1. The maximum atomic E-state index is 12.7. The molecule has 1 rings (SSSR count).